The van der Waals surface area contributed by atoms with Gasteiger partial charge in [0.15, 0.2) is 5.01 Å². The van der Waals surface area contributed by atoms with E-state index in [0.717, 1.165) is 29.1 Å². The molecule has 3 aromatic rings. The molecule has 1 aromatic heterocycles. The van der Waals surface area contributed by atoms with Crippen LogP contribution in [0.2, 0.25) is 0 Å². The van der Waals surface area contributed by atoms with Crippen molar-refractivity contribution in [3.8, 4) is 10.6 Å². The first-order valence-corrected chi connectivity index (χ1v) is 12.5. The van der Waals surface area contributed by atoms with Crippen molar-refractivity contribution < 1.29 is 14.0 Å². The Balaban J connectivity index is 1.27. The number of aromatic nitrogens is 2. The lowest BCUT2D eigenvalue weighted by molar-refractivity contribution is -0.137. The highest BCUT2D eigenvalue weighted by atomic mass is 32.1. The number of amides is 2. The molecular weight excluding hydrogens is 451 g/mol. The van der Waals surface area contributed by atoms with Gasteiger partial charge >= 0.3 is 0 Å². The molecule has 0 saturated carbocycles. The SMILES string of the molecule is Cc1ccc(N2CC(C(=O)N3CCCC(c4nnc(-c5ccccc5F)s4)C3)CC2=O)cc1C. The normalized spacial score (nSPS) is 20.7. The van der Waals surface area contributed by atoms with Crippen LogP contribution in [0.15, 0.2) is 42.5 Å². The minimum absolute atomic E-state index is 0.00573. The van der Waals surface area contributed by atoms with Gasteiger partial charge in [0, 0.05) is 43.2 Å². The van der Waals surface area contributed by atoms with Crippen LogP contribution in [0.25, 0.3) is 10.6 Å². The molecule has 8 heteroatoms. The van der Waals surface area contributed by atoms with E-state index in [4.69, 9.17) is 0 Å². The van der Waals surface area contributed by atoms with E-state index < -0.39 is 0 Å². The number of nitrogens with zero attached hydrogens (tertiary/aromatic N) is 4. The van der Waals surface area contributed by atoms with Crippen LogP contribution in [-0.4, -0.2) is 46.5 Å². The van der Waals surface area contributed by atoms with Crippen molar-refractivity contribution in [2.24, 2.45) is 5.92 Å². The zero-order valence-electron chi connectivity index (χ0n) is 19.3. The Morgan fingerprint density at radius 1 is 1.09 bits per heavy atom. The third kappa shape index (κ3) is 4.34. The molecule has 0 bridgehead atoms. The summed E-state index contributed by atoms with van der Waals surface area (Å²) in [5, 5.41) is 9.93. The Morgan fingerprint density at radius 2 is 1.91 bits per heavy atom. The molecule has 34 heavy (non-hydrogen) atoms. The molecule has 176 valence electrons. The van der Waals surface area contributed by atoms with E-state index >= 15 is 0 Å². The molecule has 6 nitrogen and oxygen atoms in total. The Labute approximate surface area is 202 Å². The molecule has 0 spiro atoms. The maximum atomic E-state index is 14.1. The Kier molecular flexibility index (Phi) is 6.16. The fourth-order valence-corrected chi connectivity index (χ4v) is 5.79. The largest absolute Gasteiger partial charge is 0.342 e. The van der Waals surface area contributed by atoms with Crippen LogP contribution in [0.1, 0.15) is 41.3 Å². The Morgan fingerprint density at radius 3 is 2.71 bits per heavy atom. The van der Waals surface area contributed by atoms with Crippen molar-refractivity contribution >= 4 is 28.8 Å². The van der Waals surface area contributed by atoms with Crippen LogP contribution in [0.3, 0.4) is 0 Å². The first kappa shape index (κ1) is 22.7. The summed E-state index contributed by atoms with van der Waals surface area (Å²) in [5.74, 6) is -0.554. The number of anilines is 1. The molecule has 3 heterocycles. The highest BCUT2D eigenvalue weighted by Crippen LogP contribution is 2.35. The van der Waals surface area contributed by atoms with Crippen molar-refractivity contribution in [3.05, 3.63) is 64.4 Å². The number of hydrogen-bond acceptors (Lipinski definition) is 5. The summed E-state index contributed by atoms with van der Waals surface area (Å²) in [7, 11) is 0. The summed E-state index contributed by atoms with van der Waals surface area (Å²) in [5.41, 5.74) is 3.61. The molecule has 2 atom stereocenters. The third-order valence-electron chi connectivity index (χ3n) is 6.90. The average molecular weight is 479 g/mol. The second-order valence-electron chi connectivity index (χ2n) is 9.22. The lowest BCUT2D eigenvalue weighted by Gasteiger charge is -2.33. The second-order valence-corrected chi connectivity index (χ2v) is 10.2. The van der Waals surface area contributed by atoms with Gasteiger partial charge < -0.3 is 9.80 Å². The number of likely N-dealkylation sites (tertiary alicyclic amines) is 1. The molecule has 5 rings (SSSR count). The van der Waals surface area contributed by atoms with Gasteiger partial charge in [-0.1, -0.05) is 29.5 Å². The number of carbonyl (C=O) groups is 2. The molecule has 2 amide bonds. The van der Waals surface area contributed by atoms with Crippen LogP contribution in [0.5, 0.6) is 0 Å². The van der Waals surface area contributed by atoms with E-state index in [0.29, 0.717) is 30.2 Å². The van der Waals surface area contributed by atoms with Crippen molar-refractivity contribution in [2.75, 3.05) is 24.5 Å². The summed E-state index contributed by atoms with van der Waals surface area (Å²) >= 11 is 1.39. The van der Waals surface area contributed by atoms with E-state index in [1.165, 1.54) is 23.0 Å². The number of benzene rings is 2. The summed E-state index contributed by atoms with van der Waals surface area (Å²) < 4.78 is 14.1. The van der Waals surface area contributed by atoms with Crippen LogP contribution in [0.4, 0.5) is 10.1 Å². The van der Waals surface area contributed by atoms with Gasteiger partial charge in [-0.2, -0.15) is 0 Å². The minimum atomic E-state index is -0.337. The maximum absolute atomic E-state index is 14.1. The van der Waals surface area contributed by atoms with Gasteiger partial charge in [0.1, 0.15) is 10.8 Å². The van der Waals surface area contributed by atoms with E-state index in [2.05, 4.69) is 10.2 Å². The van der Waals surface area contributed by atoms with Crippen LogP contribution >= 0.6 is 11.3 Å². The highest BCUT2D eigenvalue weighted by molar-refractivity contribution is 7.14. The first-order chi connectivity index (χ1) is 16.4. The number of carbonyl (C=O) groups excluding carboxylic acids is 2. The van der Waals surface area contributed by atoms with Gasteiger partial charge in [-0.3, -0.25) is 9.59 Å². The summed E-state index contributed by atoms with van der Waals surface area (Å²) in [6, 6.07) is 12.5. The summed E-state index contributed by atoms with van der Waals surface area (Å²) in [6.45, 7) is 5.72. The predicted molar refractivity (Wildman–Crippen MR) is 130 cm³/mol. The van der Waals surface area contributed by atoms with Gasteiger partial charge in [0.2, 0.25) is 11.8 Å². The zero-order valence-corrected chi connectivity index (χ0v) is 20.1. The molecule has 2 aliphatic rings. The lowest BCUT2D eigenvalue weighted by atomic mass is 9.97. The van der Waals surface area contributed by atoms with Crippen LogP contribution in [-0.2, 0) is 9.59 Å². The van der Waals surface area contributed by atoms with Crippen LogP contribution < -0.4 is 4.90 Å². The molecule has 2 saturated heterocycles. The third-order valence-corrected chi connectivity index (χ3v) is 8.02. The van der Waals surface area contributed by atoms with Crippen LogP contribution in [0, 0.1) is 25.6 Å². The number of piperidine rings is 1. The molecule has 2 fully saturated rings. The Bertz CT molecular complexity index is 1240. The van der Waals surface area contributed by atoms with Gasteiger partial charge in [0.25, 0.3) is 0 Å². The lowest BCUT2D eigenvalue weighted by Crippen LogP contribution is -2.43. The molecule has 2 aliphatic heterocycles. The van der Waals surface area contributed by atoms with Crippen molar-refractivity contribution in [3.63, 3.8) is 0 Å². The summed E-state index contributed by atoms with van der Waals surface area (Å²) in [6.07, 6.45) is 2.02. The van der Waals surface area contributed by atoms with E-state index in [1.807, 2.05) is 36.9 Å². The molecule has 2 aromatic carbocycles. The highest BCUT2D eigenvalue weighted by Gasteiger charge is 2.39. The molecule has 0 aliphatic carbocycles. The molecular formula is C26H27FN4O2S. The van der Waals surface area contributed by atoms with Gasteiger partial charge in [-0.15, -0.1) is 10.2 Å². The number of hydrogen-bond donors (Lipinski definition) is 0. The predicted octanol–water partition coefficient (Wildman–Crippen LogP) is 4.72. The molecule has 0 radical (unpaired) electrons. The van der Waals surface area contributed by atoms with E-state index in [1.54, 1.807) is 23.1 Å². The monoisotopic (exact) mass is 478 g/mol. The summed E-state index contributed by atoms with van der Waals surface area (Å²) in [4.78, 5) is 29.7. The van der Waals surface area contributed by atoms with Crippen molar-refractivity contribution in [1.29, 1.82) is 0 Å². The topological polar surface area (TPSA) is 66.4 Å². The molecule has 0 N–H and O–H groups in total. The standard InChI is InChI=1S/C26H27FN4O2S/c1-16-9-10-20(12-17(16)2)31-15-19(13-23(31)32)26(33)30-11-5-6-18(14-30)24-28-29-25(34-24)21-7-3-4-8-22(21)27/h3-4,7-10,12,18-19H,5-6,11,13-15H2,1-2H3. The van der Waals surface area contributed by atoms with E-state index in [9.17, 15) is 14.0 Å². The van der Waals surface area contributed by atoms with E-state index in [-0.39, 0.29) is 35.9 Å². The zero-order chi connectivity index (χ0) is 23.8. The first-order valence-electron chi connectivity index (χ1n) is 11.7. The van der Waals surface area contributed by atoms with Gasteiger partial charge in [-0.25, -0.2) is 4.39 Å². The quantitative estimate of drug-likeness (QED) is 0.544. The smallest absolute Gasteiger partial charge is 0.228 e. The number of aryl methyl sites for hydroxylation is 2. The second kappa shape index (κ2) is 9.25. The molecule has 2 unspecified atom stereocenters. The fraction of sp³-hybridized carbons (Fsp3) is 0.385. The average Bonchev–Trinajstić information content (AvgIpc) is 3.48. The number of rotatable bonds is 4. The van der Waals surface area contributed by atoms with Crippen molar-refractivity contribution in [2.45, 2.75) is 39.0 Å². The fourth-order valence-electron chi connectivity index (χ4n) is 4.80. The van der Waals surface area contributed by atoms with Gasteiger partial charge in [-0.05, 0) is 62.1 Å². The maximum Gasteiger partial charge on any atom is 0.228 e. The minimum Gasteiger partial charge on any atom is -0.342 e. The van der Waals surface area contributed by atoms with Crippen molar-refractivity contribution in [1.82, 2.24) is 15.1 Å². The van der Waals surface area contributed by atoms with Gasteiger partial charge in [0.05, 0.1) is 5.92 Å². The Hall–Kier alpha value is -3.13. The number of halogens is 1.